The van der Waals surface area contributed by atoms with Crippen LogP contribution in [0.25, 0.3) is 11.3 Å². The number of aliphatic hydroxyl groups excluding tert-OH is 1. The second-order valence-electron chi connectivity index (χ2n) is 5.31. The standard InChI is InChI=1S/C18H16FN3O3/c19-14-9-5-4-8-13(14)15(23)11-20-18(24)21-17-10-16(25-22-17)12-6-2-1-3-7-12/h1-10,15,23H,11H2,(H2,20,21,22,24). The summed E-state index contributed by atoms with van der Waals surface area (Å²) in [6, 6.07) is 16.2. The van der Waals surface area contributed by atoms with E-state index >= 15 is 0 Å². The summed E-state index contributed by atoms with van der Waals surface area (Å²) in [7, 11) is 0. The summed E-state index contributed by atoms with van der Waals surface area (Å²) in [4.78, 5) is 11.9. The average Bonchev–Trinajstić information content (AvgIpc) is 3.09. The van der Waals surface area contributed by atoms with Crippen LogP contribution in [0.15, 0.2) is 65.2 Å². The molecule has 0 saturated carbocycles. The Morgan fingerprint density at radius 1 is 1.16 bits per heavy atom. The highest BCUT2D eigenvalue weighted by atomic mass is 19.1. The van der Waals surface area contributed by atoms with Crippen LogP contribution in [0.2, 0.25) is 0 Å². The Morgan fingerprint density at radius 2 is 1.88 bits per heavy atom. The third kappa shape index (κ3) is 4.21. The molecule has 0 aliphatic heterocycles. The van der Waals surface area contributed by atoms with Gasteiger partial charge in [0.1, 0.15) is 5.82 Å². The molecule has 0 saturated heterocycles. The molecule has 3 rings (SSSR count). The van der Waals surface area contributed by atoms with Crippen LogP contribution in [0.1, 0.15) is 11.7 Å². The van der Waals surface area contributed by atoms with E-state index in [2.05, 4.69) is 15.8 Å². The maximum atomic E-state index is 13.6. The maximum Gasteiger partial charge on any atom is 0.320 e. The zero-order chi connectivity index (χ0) is 17.6. The number of anilines is 1. The molecule has 128 valence electrons. The van der Waals surface area contributed by atoms with Gasteiger partial charge in [-0.25, -0.2) is 9.18 Å². The molecular formula is C18H16FN3O3. The fourth-order valence-corrected chi connectivity index (χ4v) is 2.28. The summed E-state index contributed by atoms with van der Waals surface area (Å²) >= 11 is 0. The van der Waals surface area contributed by atoms with Crippen LogP contribution in [-0.4, -0.2) is 22.8 Å². The van der Waals surface area contributed by atoms with Gasteiger partial charge < -0.3 is 14.9 Å². The highest BCUT2D eigenvalue weighted by molar-refractivity contribution is 5.88. The van der Waals surface area contributed by atoms with Crippen LogP contribution in [0.3, 0.4) is 0 Å². The van der Waals surface area contributed by atoms with Gasteiger partial charge in [0.15, 0.2) is 11.6 Å². The zero-order valence-electron chi connectivity index (χ0n) is 13.1. The third-order valence-electron chi connectivity index (χ3n) is 3.53. The number of aromatic nitrogens is 1. The van der Waals surface area contributed by atoms with Gasteiger partial charge in [0.2, 0.25) is 0 Å². The molecule has 0 radical (unpaired) electrons. The Bertz CT molecular complexity index is 852. The minimum atomic E-state index is -1.15. The minimum absolute atomic E-state index is 0.121. The van der Waals surface area contributed by atoms with Crippen molar-refractivity contribution in [3.63, 3.8) is 0 Å². The summed E-state index contributed by atoms with van der Waals surface area (Å²) in [5.41, 5.74) is 0.953. The molecule has 0 fully saturated rings. The molecule has 1 unspecified atom stereocenters. The van der Waals surface area contributed by atoms with E-state index < -0.39 is 18.0 Å². The summed E-state index contributed by atoms with van der Waals surface area (Å²) in [5.74, 6) is 0.222. The fourth-order valence-electron chi connectivity index (χ4n) is 2.28. The van der Waals surface area contributed by atoms with E-state index in [1.165, 1.54) is 18.2 Å². The molecule has 1 atom stereocenters. The molecule has 0 bridgehead atoms. The Labute approximate surface area is 143 Å². The van der Waals surface area contributed by atoms with Gasteiger partial charge in [-0.2, -0.15) is 0 Å². The largest absolute Gasteiger partial charge is 0.386 e. The number of urea groups is 1. The number of aliphatic hydroxyl groups is 1. The van der Waals surface area contributed by atoms with E-state index in [4.69, 9.17) is 4.52 Å². The van der Waals surface area contributed by atoms with Gasteiger partial charge in [0.25, 0.3) is 0 Å². The topological polar surface area (TPSA) is 87.4 Å². The number of hydrogen-bond acceptors (Lipinski definition) is 4. The maximum absolute atomic E-state index is 13.6. The van der Waals surface area contributed by atoms with Crippen molar-refractivity contribution in [3.8, 4) is 11.3 Å². The third-order valence-corrected chi connectivity index (χ3v) is 3.53. The molecule has 1 aromatic heterocycles. The molecule has 6 nitrogen and oxygen atoms in total. The molecule has 3 aromatic rings. The normalized spacial score (nSPS) is 11.8. The first-order chi connectivity index (χ1) is 12.1. The van der Waals surface area contributed by atoms with E-state index in [-0.39, 0.29) is 17.9 Å². The number of nitrogens with zero attached hydrogens (tertiary/aromatic N) is 1. The van der Waals surface area contributed by atoms with Gasteiger partial charge in [-0.3, -0.25) is 5.32 Å². The molecule has 7 heteroatoms. The van der Waals surface area contributed by atoms with Crippen molar-refractivity contribution in [1.29, 1.82) is 0 Å². The summed E-state index contributed by atoms with van der Waals surface area (Å²) < 4.78 is 18.7. The lowest BCUT2D eigenvalue weighted by Crippen LogP contribution is -2.32. The smallest absolute Gasteiger partial charge is 0.320 e. The SMILES string of the molecule is O=C(NCC(O)c1ccccc1F)Nc1cc(-c2ccccc2)on1. The predicted molar refractivity (Wildman–Crippen MR) is 90.3 cm³/mol. The summed E-state index contributed by atoms with van der Waals surface area (Å²) in [5, 5.41) is 18.7. The second kappa shape index (κ2) is 7.59. The van der Waals surface area contributed by atoms with Crippen molar-refractivity contribution < 1.29 is 18.8 Å². The van der Waals surface area contributed by atoms with Crippen molar-refractivity contribution in [2.75, 3.05) is 11.9 Å². The van der Waals surface area contributed by atoms with Crippen molar-refractivity contribution in [3.05, 3.63) is 72.0 Å². The lowest BCUT2D eigenvalue weighted by Gasteiger charge is -2.12. The molecule has 1 heterocycles. The predicted octanol–water partition coefficient (Wildman–Crippen LogP) is 3.34. The van der Waals surface area contributed by atoms with E-state index in [0.29, 0.717) is 5.76 Å². The molecule has 25 heavy (non-hydrogen) atoms. The van der Waals surface area contributed by atoms with Gasteiger partial charge in [-0.1, -0.05) is 53.7 Å². The van der Waals surface area contributed by atoms with Gasteiger partial charge in [0, 0.05) is 23.7 Å². The molecule has 0 aliphatic carbocycles. The number of halogens is 1. The van der Waals surface area contributed by atoms with Crippen LogP contribution in [0.4, 0.5) is 15.0 Å². The van der Waals surface area contributed by atoms with Gasteiger partial charge in [0.05, 0.1) is 6.10 Å². The van der Waals surface area contributed by atoms with Crippen molar-refractivity contribution in [2.45, 2.75) is 6.10 Å². The number of hydrogen-bond donors (Lipinski definition) is 3. The van der Waals surface area contributed by atoms with Crippen LogP contribution >= 0.6 is 0 Å². The quantitative estimate of drug-likeness (QED) is 0.664. The van der Waals surface area contributed by atoms with Crippen molar-refractivity contribution in [2.24, 2.45) is 0 Å². The van der Waals surface area contributed by atoms with Crippen molar-refractivity contribution >= 4 is 11.8 Å². The minimum Gasteiger partial charge on any atom is -0.386 e. The van der Waals surface area contributed by atoms with Crippen LogP contribution in [0.5, 0.6) is 0 Å². The van der Waals surface area contributed by atoms with Crippen molar-refractivity contribution in [1.82, 2.24) is 10.5 Å². The molecule has 3 N–H and O–H groups in total. The monoisotopic (exact) mass is 341 g/mol. The lowest BCUT2D eigenvalue weighted by atomic mass is 10.1. The summed E-state index contributed by atoms with van der Waals surface area (Å²) in [6.07, 6.45) is -1.15. The number of nitrogens with one attached hydrogen (secondary N) is 2. The Kier molecular flexibility index (Phi) is 5.06. The number of carbonyl (C=O) groups excluding carboxylic acids is 1. The van der Waals surface area contributed by atoms with Crippen LogP contribution in [0, 0.1) is 5.82 Å². The first-order valence-corrected chi connectivity index (χ1v) is 7.63. The highest BCUT2D eigenvalue weighted by Crippen LogP contribution is 2.22. The van der Waals surface area contributed by atoms with E-state index in [0.717, 1.165) is 5.56 Å². The highest BCUT2D eigenvalue weighted by Gasteiger charge is 2.14. The first kappa shape index (κ1) is 16.7. The first-order valence-electron chi connectivity index (χ1n) is 7.63. The van der Waals surface area contributed by atoms with Gasteiger partial charge >= 0.3 is 6.03 Å². The molecular weight excluding hydrogens is 325 g/mol. The van der Waals surface area contributed by atoms with E-state index in [9.17, 15) is 14.3 Å². The number of carbonyl (C=O) groups is 1. The average molecular weight is 341 g/mol. The van der Waals surface area contributed by atoms with Crippen LogP contribution < -0.4 is 10.6 Å². The summed E-state index contributed by atoms with van der Waals surface area (Å²) in [6.45, 7) is -0.143. The second-order valence-corrected chi connectivity index (χ2v) is 5.31. The fraction of sp³-hybridized carbons (Fsp3) is 0.111. The number of amides is 2. The Hall–Kier alpha value is -3.19. The zero-order valence-corrected chi connectivity index (χ0v) is 13.1. The Morgan fingerprint density at radius 3 is 2.64 bits per heavy atom. The van der Waals surface area contributed by atoms with Gasteiger partial charge in [-0.15, -0.1) is 0 Å². The van der Waals surface area contributed by atoms with E-state index in [1.54, 1.807) is 12.1 Å². The lowest BCUT2D eigenvalue weighted by molar-refractivity contribution is 0.170. The number of rotatable bonds is 5. The molecule has 2 amide bonds. The molecule has 0 spiro atoms. The number of benzene rings is 2. The van der Waals surface area contributed by atoms with E-state index in [1.807, 2.05) is 30.3 Å². The van der Waals surface area contributed by atoms with Crippen LogP contribution in [-0.2, 0) is 0 Å². The molecule has 0 aliphatic rings. The molecule has 2 aromatic carbocycles. The van der Waals surface area contributed by atoms with Gasteiger partial charge in [-0.05, 0) is 6.07 Å². The Balaban J connectivity index is 1.55.